The fraction of sp³-hybridized carbons (Fsp3) is 0.364. The molecule has 3 N–H and O–H groups in total. The molecule has 1 saturated heterocycles. The van der Waals surface area contributed by atoms with Crippen LogP contribution < -0.4 is 10.6 Å². The number of nitrogens with one attached hydrogen (secondary N) is 2. The summed E-state index contributed by atoms with van der Waals surface area (Å²) in [6, 6.07) is 23.2. The lowest BCUT2D eigenvalue weighted by atomic mass is 9.91. The Morgan fingerprint density at radius 3 is 2.14 bits per heavy atom. The van der Waals surface area contributed by atoms with Gasteiger partial charge in [0.2, 0.25) is 5.91 Å². The molecule has 1 aliphatic heterocycles. The van der Waals surface area contributed by atoms with Gasteiger partial charge in [0.1, 0.15) is 0 Å². The summed E-state index contributed by atoms with van der Waals surface area (Å²) in [7, 11) is 0. The summed E-state index contributed by atoms with van der Waals surface area (Å²) < 4.78 is 18.0. The minimum atomic E-state index is -0.865. The maximum Gasteiger partial charge on any atom is 0.303 e. The number of esters is 1. The molecule has 0 saturated carbocycles. The standard InChI is InChI=1S/C33H38N2O7S/c1-20-30(19-43-29-15-13-28(14-16-29)35-22(3)37)41-33(42-31(20)26-9-7-25(18-36)8-10-26)27-11-5-24(6-12-27)17-34-32(39)21(2)40-23(4)38/h5-16,20-21,30-31,33,36H,17-19H2,1-4H3,(H,34,39)(H,35,37). The molecule has 228 valence electrons. The number of hydrogen-bond acceptors (Lipinski definition) is 8. The normalized spacial score (nSPS) is 20.6. The Morgan fingerprint density at radius 1 is 0.907 bits per heavy atom. The smallest absolute Gasteiger partial charge is 0.303 e. The lowest BCUT2D eigenvalue weighted by Gasteiger charge is -2.41. The minimum absolute atomic E-state index is 0.0252. The molecule has 0 radical (unpaired) electrons. The van der Waals surface area contributed by atoms with Crippen LogP contribution in [0.3, 0.4) is 0 Å². The van der Waals surface area contributed by atoms with Gasteiger partial charge >= 0.3 is 5.97 Å². The number of ether oxygens (including phenoxy) is 3. The van der Waals surface area contributed by atoms with Gasteiger partial charge in [-0.25, -0.2) is 0 Å². The van der Waals surface area contributed by atoms with E-state index in [2.05, 4.69) is 17.6 Å². The Kier molecular flexibility index (Phi) is 11.4. The second kappa shape index (κ2) is 15.2. The predicted molar refractivity (Wildman–Crippen MR) is 164 cm³/mol. The van der Waals surface area contributed by atoms with Gasteiger partial charge in [-0.15, -0.1) is 11.8 Å². The molecule has 0 aliphatic carbocycles. The van der Waals surface area contributed by atoms with Gasteiger partial charge < -0.3 is 30.0 Å². The van der Waals surface area contributed by atoms with Gasteiger partial charge in [-0.3, -0.25) is 14.4 Å². The summed E-state index contributed by atoms with van der Waals surface area (Å²) in [5, 5.41) is 15.1. The molecule has 10 heteroatoms. The molecule has 2 amide bonds. The molecule has 5 atom stereocenters. The summed E-state index contributed by atoms with van der Waals surface area (Å²) in [5.41, 5.74) is 4.32. The maximum atomic E-state index is 12.2. The molecule has 1 aliphatic rings. The highest BCUT2D eigenvalue weighted by molar-refractivity contribution is 7.99. The van der Waals surface area contributed by atoms with Crippen molar-refractivity contribution in [1.82, 2.24) is 5.32 Å². The lowest BCUT2D eigenvalue weighted by Crippen LogP contribution is -2.38. The van der Waals surface area contributed by atoms with Gasteiger partial charge in [-0.1, -0.05) is 55.5 Å². The van der Waals surface area contributed by atoms with Gasteiger partial charge in [0.05, 0.1) is 18.8 Å². The molecule has 3 aromatic carbocycles. The van der Waals surface area contributed by atoms with Crippen molar-refractivity contribution in [2.45, 2.75) is 70.3 Å². The Hall–Kier alpha value is -3.70. The van der Waals surface area contributed by atoms with E-state index in [-0.39, 0.29) is 43.1 Å². The highest BCUT2D eigenvalue weighted by Gasteiger charge is 2.38. The van der Waals surface area contributed by atoms with Crippen molar-refractivity contribution in [1.29, 1.82) is 0 Å². The number of anilines is 1. The van der Waals surface area contributed by atoms with Crippen LogP contribution in [0.4, 0.5) is 5.69 Å². The average molecular weight is 607 g/mol. The third-order valence-corrected chi connectivity index (χ3v) is 8.24. The second-order valence-electron chi connectivity index (χ2n) is 10.5. The molecule has 0 aromatic heterocycles. The number of rotatable bonds is 11. The molecule has 1 heterocycles. The van der Waals surface area contributed by atoms with E-state index in [1.807, 2.05) is 72.8 Å². The monoisotopic (exact) mass is 606 g/mol. The number of benzene rings is 3. The van der Waals surface area contributed by atoms with Crippen LogP contribution in [0.25, 0.3) is 0 Å². The first-order valence-electron chi connectivity index (χ1n) is 14.2. The minimum Gasteiger partial charge on any atom is -0.453 e. The number of carbonyl (C=O) groups excluding carboxylic acids is 3. The summed E-state index contributed by atoms with van der Waals surface area (Å²) in [4.78, 5) is 35.7. The molecular formula is C33H38N2O7S. The number of thioether (sulfide) groups is 1. The molecule has 0 bridgehead atoms. The van der Waals surface area contributed by atoms with Crippen molar-refractivity contribution in [3.63, 3.8) is 0 Å². The van der Waals surface area contributed by atoms with E-state index >= 15 is 0 Å². The lowest BCUT2D eigenvalue weighted by molar-refractivity contribution is -0.268. The summed E-state index contributed by atoms with van der Waals surface area (Å²) >= 11 is 1.68. The molecule has 9 nitrogen and oxygen atoms in total. The number of hydrogen-bond donors (Lipinski definition) is 3. The number of aliphatic hydroxyl groups is 1. The third-order valence-electron chi connectivity index (χ3n) is 7.14. The zero-order chi connectivity index (χ0) is 30.9. The summed E-state index contributed by atoms with van der Waals surface area (Å²) in [6.07, 6.45) is -1.85. The zero-order valence-electron chi connectivity index (χ0n) is 24.7. The van der Waals surface area contributed by atoms with E-state index in [0.29, 0.717) is 5.75 Å². The molecule has 5 unspecified atom stereocenters. The van der Waals surface area contributed by atoms with E-state index in [1.165, 1.54) is 20.8 Å². The molecule has 4 rings (SSSR count). The van der Waals surface area contributed by atoms with Gasteiger partial charge in [0.25, 0.3) is 5.91 Å². The highest BCUT2D eigenvalue weighted by Crippen LogP contribution is 2.43. The van der Waals surface area contributed by atoms with Gasteiger partial charge in [-0.2, -0.15) is 0 Å². The SMILES string of the molecule is CC(=O)Nc1ccc(SCC2OC(c3ccc(CNC(=O)C(C)OC(C)=O)cc3)OC(c3ccc(CO)cc3)C2C)cc1. The van der Waals surface area contributed by atoms with Gasteiger partial charge in [-0.05, 0) is 47.9 Å². The van der Waals surface area contributed by atoms with Crippen molar-refractivity contribution in [3.05, 3.63) is 95.1 Å². The van der Waals surface area contributed by atoms with Crippen LogP contribution in [-0.4, -0.2) is 40.9 Å². The highest BCUT2D eigenvalue weighted by atomic mass is 32.2. The van der Waals surface area contributed by atoms with Crippen LogP contribution in [-0.2, 0) is 41.7 Å². The molecule has 43 heavy (non-hydrogen) atoms. The predicted octanol–water partition coefficient (Wildman–Crippen LogP) is 5.29. The van der Waals surface area contributed by atoms with Crippen LogP contribution in [0.2, 0.25) is 0 Å². The third kappa shape index (κ3) is 9.14. The van der Waals surface area contributed by atoms with Crippen LogP contribution >= 0.6 is 11.8 Å². The Morgan fingerprint density at radius 2 is 1.53 bits per heavy atom. The van der Waals surface area contributed by atoms with Crippen molar-refractivity contribution in [2.75, 3.05) is 11.1 Å². The first-order valence-corrected chi connectivity index (χ1v) is 15.2. The molecular weight excluding hydrogens is 568 g/mol. The summed E-state index contributed by atoms with van der Waals surface area (Å²) in [6.45, 7) is 6.66. The Balaban J connectivity index is 1.47. The Labute approximate surface area is 256 Å². The number of amides is 2. The fourth-order valence-electron chi connectivity index (χ4n) is 4.75. The summed E-state index contributed by atoms with van der Waals surface area (Å²) in [5.74, 6) is -0.256. The van der Waals surface area contributed by atoms with E-state index < -0.39 is 18.4 Å². The second-order valence-corrected chi connectivity index (χ2v) is 11.6. The molecule has 0 spiro atoms. The molecule has 1 fully saturated rings. The van der Waals surface area contributed by atoms with Crippen LogP contribution in [0.15, 0.2) is 77.7 Å². The first kappa shape index (κ1) is 32.2. The van der Waals surface area contributed by atoms with Crippen LogP contribution in [0.1, 0.15) is 62.3 Å². The number of carbonyl (C=O) groups is 3. The van der Waals surface area contributed by atoms with Crippen molar-refractivity contribution in [2.24, 2.45) is 5.92 Å². The average Bonchev–Trinajstić information content (AvgIpc) is 3.00. The van der Waals surface area contributed by atoms with Gasteiger partial charge in [0, 0.05) is 48.2 Å². The maximum absolute atomic E-state index is 12.2. The zero-order valence-corrected chi connectivity index (χ0v) is 25.6. The van der Waals surface area contributed by atoms with E-state index in [9.17, 15) is 19.5 Å². The van der Waals surface area contributed by atoms with Crippen molar-refractivity contribution < 1.29 is 33.7 Å². The van der Waals surface area contributed by atoms with E-state index in [4.69, 9.17) is 14.2 Å². The largest absolute Gasteiger partial charge is 0.453 e. The fourth-order valence-corrected chi connectivity index (χ4v) is 5.82. The van der Waals surface area contributed by atoms with Crippen LogP contribution in [0.5, 0.6) is 0 Å². The van der Waals surface area contributed by atoms with Crippen LogP contribution in [0, 0.1) is 5.92 Å². The molecule has 3 aromatic rings. The van der Waals surface area contributed by atoms with Crippen molar-refractivity contribution in [3.8, 4) is 0 Å². The van der Waals surface area contributed by atoms with E-state index in [0.717, 1.165) is 32.8 Å². The number of aliphatic hydroxyl groups excluding tert-OH is 1. The topological polar surface area (TPSA) is 123 Å². The Bertz CT molecular complexity index is 1380. The van der Waals surface area contributed by atoms with E-state index in [1.54, 1.807) is 11.8 Å². The van der Waals surface area contributed by atoms with Gasteiger partial charge in [0.15, 0.2) is 12.4 Å². The quantitative estimate of drug-likeness (QED) is 0.199. The van der Waals surface area contributed by atoms with Crippen molar-refractivity contribution >= 4 is 35.2 Å². The first-order chi connectivity index (χ1) is 20.6.